The lowest BCUT2D eigenvalue weighted by atomic mass is 10.2. The maximum atomic E-state index is 13.5. The van der Waals surface area contributed by atoms with Gasteiger partial charge in [-0.05, 0) is 74.4 Å². The second-order valence-corrected chi connectivity index (χ2v) is 13.6. The van der Waals surface area contributed by atoms with E-state index in [2.05, 4.69) is 5.32 Å². The molecule has 41 heavy (non-hydrogen) atoms. The molecule has 1 fully saturated rings. The number of aryl methyl sites for hydroxylation is 1. The smallest absolute Gasteiger partial charge is 0.264 e. The highest BCUT2D eigenvalue weighted by molar-refractivity contribution is 7.92. The number of sulfonamides is 2. The van der Waals surface area contributed by atoms with Crippen molar-refractivity contribution in [1.82, 2.24) is 9.62 Å². The molecular weight excluding hydrogens is 590 g/mol. The first-order valence-corrected chi connectivity index (χ1v) is 16.2. The molecule has 0 saturated carbocycles. The van der Waals surface area contributed by atoms with Crippen LogP contribution in [0.25, 0.3) is 0 Å². The molecule has 1 heterocycles. The van der Waals surface area contributed by atoms with Crippen molar-refractivity contribution in [1.29, 1.82) is 0 Å². The van der Waals surface area contributed by atoms with Crippen molar-refractivity contribution < 1.29 is 31.1 Å². The van der Waals surface area contributed by atoms with Crippen molar-refractivity contribution in [3.8, 4) is 11.5 Å². The quantitative estimate of drug-likeness (QED) is 0.305. The molecule has 4 rings (SSSR count). The first kappa shape index (κ1) is 30.6. The first-order chi connectivity index (χ1) is 19.5. The van der Waals surface area contributed by atoms with Gasteiger partial charge in [0.05, 0.1) is 34.2 Å². The Kier molecular flexibility index (Phi) is 9.80. The van der Waals surface area contributed by atoms with E-state index >= 15 is 0 Å². The predicted octanol–water partition coefficient (Wildman–Crippen LogP) is 3.83. The summed E-state index contributed by atoms with van der Waals surface area (Å²) in [6.45, 7) is 2.57. The minimum Gasteiger partial charge on any atom is -0.495 e. The lowest BCUT2D eigenvalue weighted by Gasteiger charge is -2.24. The second-order valence-electron chi connectivity index (χ2n) is 9.42. The lowest BCUT2D eigenvalue weighted by Crippen LogP contribution is -2.42. The summed E-state index contributed by atoms with van der Waals surface area (Å²) >= 11 is 6.26. The normalized spacial score (nSPS) is 14.0. The topological polar surface area (TPSA) is 122 Å². The Hall–Kier alpha value is -3.32. The number of nitrogens with zero attached hydrogens (tertiary/aromatic N) is 2. The van der Waals surface area contributed by atoms with Gasteiger partial charge in [0.2, 0.25) is 15.9 Å². The van der Waals surface area contributed by atoms with Crippen LogP contribution in [0.4, 0.5) is 5.69 Å². The molecule has 3 aromatic rings. The van der Waals surface area contributed by atoms with Gasteiger partial charge >= 0.3 is 0 Å². The maximum absolute atomic E-state index is 13.5. The summed E-state index contributed by atoms with van der Waals surface area (Å²) in [5, 5.41) is 2.86. The van der Waals surface area contributed by atoms with E-state index in [1.807, 2.05) is 6.92 Å². The molecule has 0 unspecified atom stereocenters. The molecule has 220 valence electrons. The van der Waals surface area contributed by atoms with Gasteiger partial charge in [0, 0.05) is 13.1 Å². The highest BCUT2D eigenvalue weighted by Gasteiger charge is 2.28. The molecular formula is C28H32ClN3O7S2. The number of benzene rings is 3. The Labute approximate surface area is 245 Å². The molecule has 0 bridgehead atoms. The Morgan fingerprint density at radius 1 is 0.951 bits per heavy atom. The van der Waals surface area contributed by atoms with Crippen LogP contribution >= 0.6 is 11.6 Å². The summed E-state index contributed by atoms with van der Waals surface area (Å²) in [6.07, 6.45) is 1.71. The van der Waals surface area contributed by atoms with Crippen LogP contribution in [0, 0.1) is 6.92 Å². The lowest BCUT2D eigenvalue weighted by molar-refractivity contribution is -0.119. The fraction of sp³-hybridized carbons (Fsp3) is 0.321. The molecule has 1 N–H and O–H groups in total. The van der Waals surface area contributed by atoms with Gasteiger partial charge in [-0.15, -0.1) is 0 Å². The number of carbonyl (C=O) groups is 1. The van der Waals surface area contributed by atoms with E-state index in [9.17, 15) is 21.6 Å². The van der Waals surface area contributed by atoms with Crippen molar-refractivity contribution in [2.24, 2.45) is 0 Å². The number of ether oxygens (including phenoxy) is 2. The van der Waals surface area contributed by atoms with Crippen LogP contribution in [-0.2, 0) is 24.8 Å². The number of anilines is 1. The molecule has 0 aromatic heterocycles. The zero-order chi connectivity index (χ0) is 29.6. The van der Waals surface area contributed by atoms with Crippen LogP contribution in [0.2, 0.25) is 5.02 Å². The Balaban J connectivity index is 1.39. The van der Waals surface area contributed by atoms with Crippen molar-refractivity contribution in [3.63, 3.8) is 0 Å². The minimum absolute atomic E-state index is 0.0290. The third kappa shape index (κ3) is 7.31. The van der Waals surface area contributed by atoms with E-state index in [4.69, 9.17) is 21.1 Å². The number of methoxy groups -OCH3 is 1. The summed E-state index contributed by atoms with van der Waals surface area (Å²) in [6, 6.07) is 16.9. The van der Waals surface area contributed by atoms with Gasteiger partial charge in [0.1, 0.15) is 24.7 Å². The molecule has 1 amide bonds. The van der Waals surface area contributed by atoms with Crippen LogP contribution in [0.3, 0.4) is 0 Å². The van der Waals surface area contributed by atoms with Crippen LogP contribution in [0.5, 0.6) is 11.5 Å². The Bertz CT molecular complexity index is 1570. The van der Waals surface area contributed by atoms with E-state index in [0.29, 0.717) is 24.6 Å². The van der Waals surface area contributed by atoms with E-state index in [1.54, 1.807) is 24.3 Å². The van der Waals surface area contributed by atoms with Gasteiger partial charge in [0.25, 0.3) is 10.0 Å². The number of amides is 1. The standard InChI is InChI=1S/C28H32ClN3O7S2/c1-21-5-10-25(11-6-21)41(36,37)32(22-7-14-27(38-2)26(29)19-22)20-28(33)30-15-18-39-23-8-12-24(13-9-23)40(34,35)31-16-3-4-17-31/h5-14,19H,3-4,15-18,20H2,1-2H3,(H,30,33). The predicted molar refractivity (Wildman–Crippen MR) is 157 cm³/mol. The molecule has 0 spiro atoms. The highest BCUT2D eigenvalue weighted by Crippen LogP contribution is 2.32. The minimum atomic E-state index is -4.11. The van der Waals surface area contributed by atoms with Crippen LogP contribution in [0.1, 0.15) is 18.4 Å². The fourth-order valence-corrected chi connectivity index (χ4v) is 7.48. The molecule has 1 saturated heterocycles. The van der Waals surface area contributed by atoms with Gasteiger partial charge in [-0.3, -0.25) is 9.10 Å². The van der Waals surface area contributed by atoms with E-state index < -0.39 is 32.5 Å². The molecule has 3 aromatic carbocycles. The zero-order valence-corrected chi connectivity index (χ0v) is 25.1. The third-order valence-corrected chi connectivity index (χ3v) is 10.5. The van der Waals surface area contributed by atoms with Gasteiger partial charge in [-0.1, -0.05) is 29.3 Å². The third-order valence-electron chi connectivity index (χ3n) is 6.54. The van der Waals surface area contributed by atoms with Gasteiger partial charge in [0.15, 0.2) is 0 Å². The molecule has 13 heteroatoms. The maximum Gasteiger partial charge on any atom is 0.264 e. The van der Waals surface area contributed by atoms with Crippen LogP contribution < -0.4 is 19.1 Å². The largest absolute Gasteiger partial charge is 0.495 e. The van der Waals surface area contributed by atoms with Gasteiger partial charge in [-0.25, -0.2) is 16.8 Å². The van der Waals surface area contributed by atoms with E-state index in [0.717, 1.165) is 22.7 Å². The van der Waals surface area contributed by atoms with E-state index in [1.165, 1.54) is 53.9 Å². The average molecular weight is 622 g/mol. The SMILES string of the molecule is COc1ccc(N(CC(=O)NCCOc2ccc(S(=O)(=O)N3CCCC3)cc2)S(=O)(=O)c2ccc(C)cc2)cc1Cl. The molecule has 0 radical (unpaired) electrons. The molecule has 1 aliphatic heterocycles. The number of carbonyl (C=O) groups excluding carboxylic acids is 1. The first-order valence-electron chi connectivity index (χ1n) is 12.9. The van der Waals surface area contributed by atoms with Gasteiger partial charge in [-0.2, -0.15) is 4.31 Å². The Morgan fingerprint density at radius 2 is 1.59 bits per heavy atom. The second kappa shape index (κ2) is 13.1. The van der Waals surface area contributed by atoms with Crippen molar-refractivity contribution in [2.45, 2.75) is 29.6 Å². The van der Waals surface area contributed by atoms with Crippen molar-refractivity contribution >= 4 is 43.2 Å². The Morgan fingerprint density at radius 3 is 2.20 bits per heavy atom. The summed E-state index contributed by atoms with van der Waals surface area (Å²) in [5.41, 5.74) is 1.09. The van der Waals surface area contributed by atoms with Crippen molar-refractivity contribution in [3.05, 3.63) is 77.3 Å². The number of nitrogens with one attached hydrogen (secondary N) is 1. The molecule has 0 aliphatic carbocycles. The van der Waals surface area contributed by atoms with Gasteiger partial charge < -0.3 is 14.8 Å². The summed E-state index contributed by atoms with van der Waals surface area (Å²) in [7, 11) is -6.18. The summed E-state index contributed by atoms with van der Waals surface area (Å²) < 4.78 is 65.7. The number of halogens is 1. The fourth-order valence-electron chi connectivity index (χ4n) is 4.29. The highest BCUT2D eigenvalue weighted by atomic mass is 35.5. The number of rotatable bonds is 12. The van der Waals surface area contributed by atoms with Crippen LogP contribution in [0.15, 0.2) is 76.5 Å². The summed E-state index contributed by atoms with van der Waals surface area (Å²) in [5.74, 6) is 0.255. The van der Waals surface area contributed by atoms with Crippen molar-refractivity contribution in [2.75, 3.05) is 44.2 Å². The average Bonchev–Trinajstić information content (AvgIpc) is 3.51. The monoisotopic (exact) mass is 621 g/mol. The zero-order valence-electron chi connectivity index (χ0n) is 22.7. The summed E-state index contributed by atoms with van der Waals surface area (Å²) in [4.78, 5) is 13.1. The van der Waals surface area contributed by atoms with E-state index in [-0.39, 0.29) is 33.7 Å². The number of hydrogen-bond acceptors (Lipinski definition) is 7. The molecule has 0 atom stereocenters. The molecule has 1 aliphatic rings. The number of hydrogen-bond donors (Lipinski definition) is 1. The van der Waals surface area contributed by atoms with Crippen LogP contribution in [-0.4, -0.2) is 66.9 Å². The molecule has 10 nitrogen and oxygen atoms in total.